The minimum Gasteiger partial charge on any atom is -0.755 e. The summed E-state index contributed by atoms with van der Waals surface area (Å²) >= 11 is 3.90. The van der Waals surface area contributed by atoms with Crippen molar-refractivity contribution >= 4 is 52.1 Å². The van der Waals surface area contributed by atoms with Gasteiger partial charge in [0.1, 0.15) is 5.69 Å². The van der Waals surface area contributed by atoms with E-state index in [4.69, 9.17) is 11.6 Å². The van der Waals surface area contributed by atoms with Gasteiger partial charge >= 0.3 is 5.97 Å². The van der Waals surface area contributed by atoms with E-state index in [9.17, 15) is 18.7 Å². The van der Waals surface area contributed by atoms with Crippen LogP contribution in [0, 0.1) is 0 Å². The van der Waals surface area contributed by atoms with E-state index in [0.29, 0.717) is 12.1 Å². The van der Waals surface area contributed by atoms with Gasteiger partial charge in [0.05, 0.1) is 34.2 Å². The Morgan fingerprint density at radius 2 is 1.96 bits per heavy atom. The molecule has 0 spiro atoms. The lowest BCUT2D eigenvalue weighted by Crippen LogP contribution is -2.23. The summed E-state index contributed by atoms with van der Waals surface area (Å²) in [6.07, 6.45) is 0.358. The molecule has 0 radical (unpaired) electrons. The monoisotopic (exact) mass is 408 g/mol. The smallest absolute Gasteiger partial charge is 0.337 e. The van der Waals surface area contributed by atoms with Gasteiger partial charge in [-0.05, 0) is 23.8 Å². The maximum absolute atomic E-state index is 11.9. The fraction of sp³-hybridized carbons (Fsp3) is 0.0625. The zero-order valence-electron chi connectivity index (χ0n) is 13.0. The first-order valence-electron chi connectivity index (χ1n) is 7.25. The van der Waals surface area contributed by atoms with Gasteiger partial charge < -0.3 is 9.66 Å². The summed E-state index contributed by atoms with van der Waals surface area (Å²) in [5.74, 6) is -1.23. The Labute approximate surface area is 160 Å². The van der Waals surface area contributed by atoms with Crippen molar-refractivity contribution in [2.45, 2.75) is 6.42 Å². The number of benzene rings is 2. The Hall–Kier alpha value is -2.33. The minimum atomic E-state index is -2.80. The van der Waals surface area contributed by atoms with Crippen molar-refractivity contribution in [2.75, 3.05) is 4.31 Å². The summed E-state index contributed by atoms with van der Waals surface area (Å²) in [5.41, 5.74) is 1.04. The Bertz CT molecular complexity index is 965. The molecule has 3 rings (SSSR count). The highest BCUT2D eigenvalue weighted by atomic mass is 35.5. The molecule has 1 heterocycles. The molecule has 0 fully saturated rings. The predicted molar refractivity (Wildman–Crippen MR) is 98.6 cm³/mol. The van der Waals surface area contributed by atoms with Crippen LogP contribution in [0.5, 0.6) is 0 Å². The summed E-state index contributed by atoms with van der Waals surface area (Å²) in [4.78, 5) is 11.5. The number of anilines is 2. The number of carbonyl (C=O) groups is 1. The molecule has 3 aromatic rings. The third-order valence-electron chi connectivity index (χ3n) is 3.50. The Balaban J connectivity index is 2.08. The van der Waals surface area contributed by atoms with E-state index in [2.05, 4.69) is 8.75 Å². The van der Waals surface area contributed by atoms with E-state index in [1.54, 1.807) is 0 Å². The lowest BCUT2D eigenvalue weighted by molar-refractivity contribution is 0.0698. The van der Waals surface area contributed by atoms with Crippen LogP contribution in [0.2, 0.25) is 5.02 Å². The number of rotatable bonds is 6. The zero-order chi connectivity index (χ0) is 18.7. The van der Waals surface area contributed by atoms with Crippen molar-refractivity contribution in [1.29, 1.82) is 0 Å². The van der Waals surface area contributed by atoms with Gasteiger partial charge in [-0.1, -0.05) is 41.9 Å². The van der Waals surface area contributed by atoms with Crippen molar-refractivity contribution < 1.29 is 18.7 Å². The maximum Gasteiger partial charge on any atom is 0.337 e. The number of carboxylic acids is 1. The molecule has 1 N–H and O–H groups in total. The highest BCUT2D eigenvalue weighted by molar-refractivity contribution is 7.81. The van der Waals surface area contributed by atoms with Crippen molar-refractivity contribution in [2.24, 2.45) is 0 Å². The van der Waals surface area contributed by atoms with Crippen LogP contribution >= 0.6 is 23.3 Å². The van der Waals surface area contributed by atoms with Gasteiger partial charge in [-0.2, -0.15) is 8.75 Å². The average molecular weight is 409 g/mol. The third-order valence-corrected chi connectivity index (χ3v) is 4.96. The molecule has 0 aliphatic carbocycles. The normalized spacial score (nSPS) is 11.9. The molecule has 7 nitrogen and oxygen atoms in total. The predicted octanol–water partition coefficient (Wildman–Crippen LogP) is 3.41. The molecule has 10 heteroatoms. The molecular weight excluding hydrogens is 398 g/mol. The topological polar surface area (TPSA) is 106 Å². The van der Waals surface area contributed by atoms with Crippen LogP contribution in [0.1, 0.15) is 21.6 Å². The summed E-state index contributed by atoms with van der Waals surface area (Å²) < 4.78 is 32.9. The number of carboxylic acid groups (broad SMARTS) is 1. The summed E-state index contributed by atoms with van der Waals surface area (Å²) in [5, 5.41) is 9.59. The second-order valence-corrected chi connectivity index (χ2v) is 6.94. The van der Waals surface area contributed by atoms with Crippen molar-refractivity contribution in [1.82, 2.24) is 8.75 Å². The quantitative estimate of drug-likeness (QED) is 0.626. The summed E-state index contributed by atoms with van der Waals surface area (Å²) in [7, 11) is 0. The van der Waals surface area contributed by atoms with Crippen molar-refractivity contribution in [3.05, 3.63) is 70.4 Å². The minimum absolute atomic E-state index is 0.0581. The van der Waals surface area contributed by atoms with E-state index in [1.165, 1.54) is 18.2 Å². The van der Waals surface area contributed by atoms with Crippen LogP contribution in [0.3, 0.4) is 0 Å². The number of aromatic nitrogens is 2. The molecule has 0 aliphatic rings. The fourth-order valence-corrected chi connectivity index (χ4v) is 3.76. The van der Waals surface area contributed by atoms with Crippen LogP contribution in [-0.2, 0) is 17.7 Å². The molecule has 0 bridgehead atoms. The van der Waals surface area contributed by atoms with E-state index in [-0.39, 0.29) is 22.1 Å². The van der Waals surface area contributed by atoms with Gasteiger partial charge in [-0.15, -0.1) is 0 Å². The zero-order valence-corrected chi connectivity index (χ0v) is 15.4. The maximum atomic E-state index is 11.9. The van der Waals surface area contributed by atoms with E-state index in [0.717, 1.165) is 21.6 Å². The SMILES string of the molecule is O=C(O)c1cc(Cl)ccc1N(c1nsnc1Cc1ccccc1)S(=O)[O-]. The Kier molecular flexibility index (Phi) is 5.62. The van der Waals surface area contributed by atoms with E-state index in [1.807, 2.05) is 30.3 Å². The largest absolute Gasteiger partial charge is 0.755 e. The van der Waals surface area contributed by atoms with Gasteiger partial charge in [0, 0.05) is 11.4 Å². The van der Waals surface area contributed by atoms with Gasteiger partial charge in [0.25, 0.3) is 0 Å². The Morgan fingerprint density at radius 3 is 2.62 bits per heavy atom. The number of halogens is 1. The first kappa shape index (κ1) is 18.5. The van der Waals surface area contributed by atoms with Crippen LogP contribution in [-0.4, -0.2) is 28.6 Å². The molecule has 134 valence electrons. The molecule has 0 amide bonds. The van der Waals surface area contributed by atoms with E-state index >= 15 is 0 Å². The van der Waals surface area contributed by atoms with Gasteiger partial charge in [0.15, 0.2) is 5.82 Å². The second kappa shape index (κ2) is 7.92. The number of hydrogen-bond acceptors (Lipinski definition) is 6. The number of nitrogens with zero attached hydrogens (tertiary/aromatic N) is 3. The highest BCUT2D eigenvalue weighted by Gasteiger charge is 2.24. The first-order valence-corrected chi connectivity index (χ1v) is 9.39. The first-order chi connectivity index (χ1) is 12.5. The average Bonchev–Trinajstić information content (AvgIpc) is 3.04. The molecule has 1 atom stereocenters. The molecule has 0 saturated heterocycles. The summed E-state index contributed by atoms with van der Waals surface area (Å²) in [6.45, 7) is 0. The molecule has 0 saturated carbocycles. The van der Waals surface area contributed by atoms with Crippen molar-refractivity contribution in [3.8, 4) is 0 Å². The lowest BCUT2D eigenvalue weighted by Gasteiger charge is -2.26. The third kappa shape index (κ3) is 3.91. The molecule has 1 unspecified atom stereocenters. The number of aromatic carboxylic acids is 1. The molecule has 2 aromatic carbocycles. The van der Waals surface area contributed by atoms with Crippen LogP contribution < -0.4 is 4.31 Å². The second-order valence-electron chi connectivity index (χ2n) is 5.18. The molecule has 0 aliphatic heterocycles. The van der Waals surface area contributed by atoms with Crippen LogP contribution in [0.15, 0.2) is 48.5 Å². The lowest BCUT2D eigenvalue weighted by atomic mass is 10.1. The summed E-state index contributed by atoms with van der Waals surface area (Å²) in [6, 6.07) is 13.3. The van der Waals surface area contributed by atoms with Crippen molar-refractivity contribution in [3.63, 3.8) is 0 Å². The molecular formula is C16H11ClN3O4S2-. The molecule has 1 aromatic heterocycles. The van der Waals surface area contributed by atoms with Gasteiger partial charge in [0.2, 0.25) is 0 Å². The highest BCUT2D eigenvalue weighted by Crippen LogP contribution is 2.33. The van der Waals surface area contributed by atoms with E-state index < -0.39 is 17.2 Å². The standard InChI is InChI=1S/C16H12ClN3O4S2/c17-11-6-7-14(12(9-11)16(21)22)20(26(23)24)15-13(18-25-19-15)8-10-4-2-1-3-5-10/h1-7,9H,8H2,(H,21,22)(H,23,24)/p-1. The molecule has 26 heavy (non-hydrogen) atoms. The van der Waals surface area contributed by atoms with Crippen LogP contribution in [0.4, 0.5) is 11.5 Å². The Morgan fingerprint density at radius 1 is 1.23 bits per heavy atom. The number of hydrogen-bond donors (Lipinski definition) is 1. The fourth-order valence-electron chi connectivity index (χ4n) is 2.38. The van der Waals surface area contributed by atoms with Gasteiger partial charge in [-0.3, -0.25) is 8.51 Å². The van der Waals surface area contributed by atoms with Crippen LogP contribution in [0.25, 0.3) is 0 Å². The van der Waals surface area contributed by atoms with Gasteiger partial charge in [-0.25, -0.2) is 4.79 Å².